The molecule has 1 fully saturated rings. The van der Waals surface area contributed by atoms with Gasteiger partial charge in [-0.1, -0.05) is 11.6 Å². The molecule has 1 N–H and O–H groups in total. The van der Waals surface area contributed by atoms with Crippen molar-refractivity contribution in [2.75, 3.05) is 16.7 Å². The topological polar surface area (TPSA) is 84.3 Å². The smallest absolute Gasteiger partial charge is 0.264 e. The molecule has 1 saturated carbocycles. The molecule has 0 aliphatic heterocycles. The highest BCUT2D eigenvalue weighted by Crippen LogP contribution is 2.32. The number of aromatic nitrogens is 2. The van der Waals surface area contributed by atoms with Crippen molar-refractivity contribution in [2.24, 2.45) is 5.92 Å². The molecule has 1 amide bonds. The van der Waals surface area contributed by atoms with E-state index in [1.165, 1.54) is 49.5 Å². The molecule has 7 nitrogen and oxygen atoms in total. The van der Waals surface area contributed by atoms with E-state index >= 15 is 0 Å². The minimum atomic E-state index is -4.01. The third kappa shape index (κ3) is 4.49. The van der Waals surface area contributed by atoms with E-state index in [4.69, 9.17) is 11.6 Å². The van der Waals surface area contributed by atoms with E-state index in [2.05, 4.69) is 10.4 Å². The maximum atomic E-state index is 13.2. The molecule has 32 heavy (non-hydrogen) atoms. The molecule has 0 spiro atoms. The number of rotatable bonds is 7. The van der Waals surface area contributed by atoms with Gasteiger partial charge in [-0.2, -0.15) is 5.10 Å². The summed E-state index contributed by atoms with van der Waals surface area (Å²) < 4.78 is 42.2. The average molecular weight is 477 g/mol. The Bertz CT molecular complexity index is 1270. The first-order chi connectivity index (χ1) is 15.2. The molecule has 2 aromatic carbocycles. The fraction of sp³-hybridized carbons (Fsp3) is 0.273. The molecule has 1 aliphatic rings. The van der Waals surface area contributed by atoms with Gasteiger partial charge < -0.3 is 5.32 Å². The Morgan fingerprint density at radius 2 is 1.94 bits per heavy atom. The summed E-state index contributed by atoms with van der Waals surface area (Å²) in [6.07, 6.45) is 3.96. The maximum Gasteiger partial charge on any atom is 0.264 e. The number of benzene rings is 2. The van der Waals surface area contributed by atoms with E-state index in [1.54, 1.807) is 10.9 Å². The highest BCUT2D eigenvalue weighted by atomic mass is 35.5. The van der Waals surface area contributed by atoms with Gasteiger partial charge in [-0.25, -0.2) is 17.5 Å². The van der Waals surface area contributed by atoms with Crippen molar-refractivity contribution < 1.29 is 17.6 Å². The fourth-order valence-electron chi connectivity index (χ4n) is 3.29. The molecule has 10 heteroatoms. The Labute approximate surface area is 190 Å². The number of sulfonamides is 1. The summed E-state index contributed by atoms with van der Waals surface area (Å²) in [4.78, 5) is 12.9. The third-order valence-electron chi connectivity index (χ3n) is 5.41. The number of carbonyl (C=O) groups excluding carboxylic acids is 1. The van der Waals surface area contributed by atoms with Crippen LogP contribution in [0.5, 0.6) is 0 Å². The van der Waals surface area contributed by atoms with Gasteiger partial charge in [0.25, 0.3) is 15.9 Å². The van der Waals surface area contributed by atoms with Crippen LogP contribution in [0.1, 0.15) is 28.8 Å². The first-order valence-electron chi connectivity index (χ1n) is 10.0. The molecular formula is C22H22ClFN4O3S. The first-order valence-corrected chi connectivity index (χ1v) is 11.9. The van der Waals surface area contributed by atoms with Crippen LogP contribution in [0.4, 0.5) is 15.9 Å². The molecule has 0 saturated heterocycles. The predicted molar refractivity (Wildman–Crippen MR) is 121 cm³/mol. The van der Waals surface area contributed by atoms with E-state index < -0.39 is 21.7 Å². The molecule has 0 radical (unpaired) electrons. The van der Waals surface area contributed by atoms with Crippen molar-refractivity contribution in [3.05, 3.63) is 70.6 Å². The van der Waals surface area contributed by atoms with Gasteiger partial charge in [-0.05, 0) is 68.1 Å². The predicted octanol–water partition coefficient (Wildman–Crippen LogP) is 4.47. The van der Waals surface area contributed by atoms with Crippen LogP contribution in [0.3, 0.4) is 0 Å². The van der Waals surface area contributed by atoms with Crippen molar-refractivity contribution in [1.29, 1.82) is 0 Å². The van der Waals surface area contributed by atoms with Gasteiger partial charge in [0.1, 0.15) is 11.6 Å². The number of halogens is 2. The second kappa shape index (κ2) is 8.55. The Morgan fingerprint density at radius 3 is 2.59 bits per heavy atom. The number of nitrogens with one attached hydrogen (secondary N) is 1. The van der Waals surface area contributed by atoms with Gasteiger partial charge in [-0.3, -0.25) is 9.10 Å². The quantitative estimate of drug-likeness (QED) is 0.545. The summed E-state index contributed by atoms with van der Waals surface area (Å²) in [5, 5.41) is 7.27. The van der Waals surface area contributed by atoms with Gasteiger partial charge in [-0.15, -0.1) is 0 Å². The molecular weight excluding hydrogens is 455 g/mol. The van der Waals surface area contributed by atoms with Gasteiger partial charge >= 0.3 is 0 Å². The number of carbonyl (C=O) groups is 1. The molecule has 1 aliphatic carbocycles. The SMILES string of the molecule is Cc1cnn(CC2CC2)c1NC(=O)c1cc(S(=O)(=O)N(C)c2ccc(F)cc2)ccc1Cl. The fourth-order valence-corrected chi connectivity index (χ4v) is 4.71. The van der Waals surface area contributed by atoms with Gasteiger partial charge in [0.2, 0.25) is 0 Å². The molecule has 168 valence electrons. The zero-order valence-corrected chi connectivity index (χ0v) is 19.1. The average Bonchev–Trinajstić information content (AvgIpc) is 3.52. The summed E-state index contributed by atoms with van der Waals surface area (Å²) in [5.41, 5.74) is 1.11. The normalized spacial score (nSPS) is 13.8. The molecule has 3 aromatic rings. The van der Waals surface area contributed by atoms with Crippen LogP contribution in [0.25, 0.3) is 0 Å². The van der Waals surface area contributed by atoms with E-state index in [9.17, 15) is 17.6 Å². The molecule has 1 aromatic heterocycles. The summed E-state index contributed by atoms with van der Waals surface area (Å²) in [7, 11) is -2.65. The minimum absolute atomic E-state index is 0.0267. The molecule has 0 unspecified atom stereocenters. The Morgan fingerprint density at radius 1 is 1.25 bits per heavy atom. The highest BCUT2D eigenvalue weighted by Gasteiger charge is 2.26. The van der Waals surface area contributed by atoms with Crippen LogP contribution in [0, 0.1) is 18.7 Å². The van der Waals surface area contributed by atoms with E-state index in [1.807, 2.05) is 6.92 Å². The number of hydrogen-bond acceptors (Lipinski definition) is 4. The largest absolute Gasteiger partial charge is 0.307 e. The number of hydrogen-bond donors (Lipinski definition) is 1. The van der Waals surface area contributed by atoms with E-state index in [0.717, 1.165) is 22.7 Å². The second-order valence-electron chi connectivity index (χ2n) is 7.85. The lowest BCUT2D eigenvalue weighted by Gasteiger charge is -2.20. The number of aryl methyl sites for hydroxylation is 1. The second-order valence-corrected chi connectivity index (χ2v) is 10.2. The lowest BCUT2D eigenvalue weighted by atomic mass is 10.2. The van der Waals surface area contributed by atoms with Crippen LogP contribution in [0.2, 0.25) is 5.02 Å². The highest BCUT2D eigenvalue weighted by molar-refractivity contribution is 7.92. The molecule has 0 atom stereocenters. The van der Waals surface area contributed by atoms with Crippen LogP contribution in [0.15, 0.2) is 53.6 Å². The summed E-state index contributed by atoms with van der Waals surface area (Å²) in [6, 6.07) is 9.02. The standard InChI is InChI=1S/C22H22ClFN4O3S/c1-14-12-25-28(13-15-3-4-15)21(14)26-22(29)19-11-18(9-10-20(19)23)32(30,31)27(2)17-7-5-16(24)6-8-17/h5-12,15H,3-4,13H2,1-2H3,(H,26,29). The summed E-state index contributed by atoms with van der Waals surface area (Å²) in [5.74, 6) is 0.122. The summed E-state index contributed by atoms with van der Waals surface area (Å²) in [6.45, 7) is 2.56. The molecule has 4 rings (SSSR count). The van der Waals surface area contributed by atoms with Crippen LogP contribution < -0.4 is 9.62 Å². The first kappa shape index (κ1) is 22.3. The minimum Gasteiger partial charge on any atom is -0.307 e. The van der Waals surface area contributed by atoms with Crippen molar-refractivity contribution in [3.63, 3.8) is 0 Å². The lowest BCUT2D eigenvalue weighted by Crippen LogP contribution is -2.27. The Balaban J connectivity index is 1.62. The van der Waals surface area contributed by atoms with Crippen molar-refractivity contribution in [1.82, 2.24) is 9.78 Å². The zero-order chi connectivity index (χ0) is 23.0. The number of amides is 1. The van der Waals surface area contributed by atoms with Gasteiger partial charge in [0.05, 0.1) is 27.4 Å². The molecule has 0 bridgehead atoms. The van der Waals surface area contributed by atoms with Crippen LogP contribution in [-0.4, -0.2) is 31.2 Å². The maximum absolute atomic E-state index is 13.2. The van der Waals surface area contributed by atoms with E-state index in [0.29, 0.717) is 18.3 Å². The van der Waals surface area contributed by atoms with Gasteiger partial charge in [0, 0.05) is 19.2 Å². The lowest BCUT2D eigenvalue weighted by molar-refractivity contribution is 0.102. The van der Waals surface area contributed by atoms with Crippen LogP contribution in [-0.2, 0) is 16.6 Å². The number of nitrogens with zero attached hydrogens (tertiary/aromatic N) is 3. The van der Waals surface area contributed by atoms with Crippen molar-refractivity contribution in [3.8, 4) is 0 Å². The molecule has 1 heterocycles. The monoisotopic (exact) mass is 476 g/mol. The van der Waals surface area contributed by atoms with Crippen molar-refractivity contribution in [2.45, 2.75) is 31.2 Å². The zero-order valence-electron chi connectivity index (χ0n) is 17.5. The van der Waals surface area contributed by atoms with Gasteiger partial charge in [0.15, 0.2) is 0 Å². The summed E-state index contributed by atoms with van der Waals surface area (Å²) >= 11 is 6.24. The third-order valence-corrected chi connectivity index (χ3v) is 7.52. The van der Waals surface area contributed by atoms with Crippen LogP contribution >= 0.6 is 11.6 Å². The number of anilines is 2. The van der Waals surface area contributed by atoms with Crippen molar-refractivity contribution >= 4 is 39.0 Å². The Hall–Kier alpha value is -2.91. The Kier molecular flexibility index (Phi) is 5.96. The van der Waals surface area contributed by atoms with E-state index in [-0.39, 0.29) is 21.2 Å².